The summed E-state index contributed by atoms with van der Waals surface area (Å²) in [5.41, 5.74) is 5.10. The van der Waals surface area contributed by atoms with E-state index in [9.17, 15) is 0 Å². The van der Waals surface area contributed by atoms with Crippen molar-refractivity contribution in [2.75, 3.05) is 0 Å². The second-order valence-electron chi connectivity index (χ2n) is 4.86. The van der Waals surface area contributed by atoms with Crippen LogP contribution in [0.3, 0.4) is 0 Å². The Kier molecular flexibility index (Phi) is 2.79. The van der Waals surface area contributed by atoms with Gasteiger partial charge in [-0.05, 0) is 23.5 Å². The van der Waals surface area contributed by atoms with Crippen LogP contribution in [0, 0.1) is 0 Å². The lowest BCUT2D eigenvalue weighted by molar-refractivity contribution is 0.132. The average Bonchev–Trinajstić information content (AvgIpc) is 2.62. The molecule has 2 heterocycles. The van der Waals surface area contributed by atoms with E-state index in [-0.39, 0.29) is 0 Å². The Hall–Kier alpha value is -0.890. The molecule has 0 unspecified atom stereocenters. The highest BCUT2D eigenvalue weighted by Gasteiger charge is 2.20. The summed E-state index contributed by atoms with van der Waals surface area (Å²) in [5.74, 6) is 1.05. The van der Waals surface area contributed by atoms with Crippen molar-refractivity contribution in [1.29, 1.82) is 0 Å². The van der Waals surface area contributed by atoms with Crippen LogP contribution < -0.4 is 0 Å². The smallest absolute Gasteiger partial charge is 0.0896 e. The number of ether oxygens (including phenoxy) is 1. The predicted molar refractivity (Wildman–Crippen MR) is 60.9 cm³/mol. The van der Waals surface area contributed by atoms with Gasteiger partial charge in [-0.2, -0.15) is 0 Å². The summed E-state index contributed by atoms with van der Waals surface area (Å²) in [7, 11) is 0. The van der Waals surface area contributed by atoms with Gasteiger partial charge in [0, 0.05) is 11.3 Å². The van der Waals surface area contributed by atoms with Gasteiger partial charge >= 0.3 is 0 Å². The van der Waals surface area contributed by atoms with Gasteiger partial charge in [-0.15, -0.1) is 0 Å². The van der Waals surface area contributed by atoms with Gasteiger partial charge < -0.3 is 4.74 Å². The van der Waals surface area contributed by atoms with E-state index in [1.165, 1.54) is 16.8 Å². The standard InChI is InChI=1S/C13H19NO/c1-8(2)10-5-12(9(3)4)14-13-7-15-6-11(10)13/h5,8-9H,6-7H2,1-4H3. The summed E-state index contributed by atoms with van der Waals surface area (Å²) in [6.45, 7) is 10.3. The minimum Gasteiger partial charge on any atom is -0.370 e. The highest BCUT2D eigenvalue weighted by molar-refractivity contribution is 5.36. The summed E-state index contributed by atoms with van der Waals surface area (Å²) < 4.78 is 5.48. The Bertz CT molecular complexity index is 369. The van der Waals surface area contributed by atoms with Gasteiger partial charge in [0.05, 0.1) is 18.9 Å². The molecule has 1 aromatic heterocycles. The predicted octanol–water partition coefficient (Wildman–Crippen LogP) is 3.36. The minimum atomic E-state index is 0.494. The monoisotopic (exact) mass is 205 g/mol. The highest BCUT2D eigenvalue weighted by Crippen LogP contribution is 2.30. The molecule has 0 aliphatic carbocycles. The minimum absolute atomic E-state index is 0.494. The first kappa shape index (κ1) is 10.6. The number of rotatable bonds is 2. The van der Waals surface area contributed by atoms with Crippen LogP contribution in [0.2, 0.25) is 0 Å². The van der Waals surface area contributed by atoms with Crippen molar-refractivity contribution in [3.8, 4) is 0 Å². The van der Waals surface area contributed by atoms with Crippen LogP contribution in [-0.2, 0) is 18.0 Å². The molecule has 0 atom stereocenters. The van der Waals surface area contributed by atoms with Crippen molar-refractivity contribution in [1.82, 2.24) is 4.98 Å². The third-order valence-corrected chi connectivity index (χ3v) is 2.96. The summed E-state index contributed by atoms with van der Waals surface area (Å²) in [4.78, 5) is 4.67. The van der Waals surface area contributed by atoms with Gasteiger partial charge in [-0.3, -0.25) is 4.98 Å². The lowest BCUT2D eigenvalue weighted by atomic mass is 9.94. The molecule has 0 aromatic carbocycles. The fraction of sp³-hybridized carbons (Fsp3) is 0.615. The van der Waals surface area contributed by atoms with Gasteiger partial charge in [-0.1, -0.05) is 27.7 Å². The highest BCUT2D eigenvalue weighted by atomic mass is 16.5. The topological polar surface area (TPSA) is 22.1 Å². The van der Waals surface area contributed by atoms with Gasteiger partial charge in [0.25, 0.3) is 0 Å². The first-order valence-corrected chi connectivity index (χ1v) is 5.70. The Morgan fingerprint density at radius 1 is 1.13 bits per heavy atom. The van der Waals surface area contributed by atoms with Crippen LogP contribution in [0.15, 0.2) is 6.07 Å². The third-order valence-electron chi connectivity index (χ3n) is 2.96. The second kappa shape index (κ2) is 3.93. The summed E-state index contributed by atoms with van der Waals surface area (Å²) >= 11 is 0. The van der Waals surface area contributed by atoms with E-state index in [1.807, 2.05) is 0 Å². The molecule has 0 N–H and O–H groups in total. The van der Waals surface area contributed by atoms with Crippen LogP contribution in [0.4, 0.5) is 0 Å². The van der Waals surface area contributed by atoms with Crippen LogP contribution in [0.1, 0.15) is 62.0 Å². The van der Waals surface area contributed by atoms with Crippen LogP contribution in [0.25, 0.3) is 0 Å². The maximum atomic E-state index is 5.48. The zero-order chi connectivity index (χ0) is 11.0. The maximum absolute atomic E-state index is 5.48. The fourth-order valence-corrected chi connectivity index (χ4v) is 2.02. The van der Waals surface area contributed by atoms with Crippen molar-refractivity contribution >= 4 is 0 Å². The molecule has 82 valence electrons. The molecule has 0 amide bonds. The van der Waals surface area contributed by atoms with Crippen LogP contribution >= 0.6 is 0 Å². The summed E-state index contributed by atoms with van der Waals surface area (Å²) in [6.07, 6.45) is 0. The number of nitrogens with zero attached hydrogens (tertiary/aromatic N) is 1. The van der Waals surface area contributed by atoms with E-state index in [1.54, 1.807) is 0 Å². The molecule has 15 heavy (non-hydrogen) atoms. The molecular weight excluding hydrogens is 186 g/mol. The van der Waals surface area contributed by atoms with Crippen molar-refractivity contribution in [3.63, 3.8) is 0 Å². The third kappa shape index (κ3) is 1.91. The van der Waals surface area contributed by atoms with E-state index in [4.69, 9.17) is 4.74 Å². The molecule has 1 aromatic rings. The first-order valence-electron chi connectivity index (χ1n) is 5.70. The van der Waals surface area contributed by atoms with E-state index >= 15 is 0 Å². The molecule has 2 nitrogen and oxygen atoms in total. The van der Waals surface area contributed by atoms with Crippen molar-refractivity contribution in [3.05, 3.63) is 28.6 Å². The molecule has 0 radical (unpaired) electrons. The largest absolute Gasteiger partial charge is 0.370 e. The molecule has 2 heteroatoms. The van der Waals surface area contributed by atoms with E-state index in [2.05, 4.69) is 38.7 Å². The maximum Gasteiger partial charge on any atom is 0.0896 e. The van der Waals surface area contributed by atoms with Gasteiger partial charge in [0.15, 0.2) is 0 Å². The molecule has 0 fully saturated rings. The van der Waals surface area contributed by atoms with Crippen molar-refractivity contribution < 1.29 is 4.74 Å². The number of hydrogen-bond acceptors (Lipinski definition) is 2. The van der Waals surface area contributed by atoms with E-state index < -0.39 is 0 Å². The molecule has 2 rings (SSSR count). The van der Waals surface area contributed by atoms with E-state index in [0.29, 0.717) is 18.4 Å². The van der Waals surface area contributed by atoms with Gasteiger partial charge in [-0.25, -0.2) is 0 Å². The molecule has 0 saturated carbocycles. The zero-order valence-electron chi connectivity index (χ0n) is 10.0. The van der Waals surface area contributed by atoms with Crippen LogP contribution in [-0.4, -0.2) is 4.98 Å². The molecule has 0 bridgehead atoms. The Morgan fingerprint density at radius 3 is 2.47 bits per heavy atom. The number of pyridine rings is 1. The molecule has 0 spiro atoms. The Labute approximate surface area is 91.7 Å². The quantitative estimate of drug-likeness (QED) is 0.738. The van der Waals surface area contributed by atoms with E-state index in [0.717, 1.165) is 12.3 Å². The Balaban J connectivity index is 2.52. The average molecular weight is 205 g/mol. The fourth-order valence-electron chi connectivity index (χ4n) is 2.02. The number of fused-ring (bicyclic) bond motifs is 1. The second-order valence-corrected chi connectivity index (χ2v) is 4.86. The number of hydrogen-bond donors (Lipinski definition) is 0. The SMILES string of the molecule is CC(C)c1cc(C(C)C)c2c(n1)COC2. The zero-order valence-corrected chi connectivity index (χ0v) is 10.0. The Morgan fingerprint density at radius 2 is 1.87 bits per heavy atom. The normalized spacial score (nSPS) is 15.1. The summed E-state index contributed by atoms with van der Waals surface area (Å²) in [5, 5.41) is 0. The molecule has 1 aliphatic rings. The van der Waals surface area contributed by atoms with Gasteiger partial charge in [0.2, 0.25) is 0 Å². The van der Waals surface area contributed by atoms with Crippen molar-refractivity contribution in [2.45, 2.75) is 52.7 Å². The lowest BCUT2D eigenvalue weighted by Crippen LogP contribution is -2.03. The first-order chi connectivity index (χ1) is 7.09. The van der Waals surface area contributed by atoms with Crippen molar-refractivity contribution in [2.24, 2.45) is 0 Å². The molecule has 1 aliphatic heterocycles. The van der Waals surface area contributed by atoms with Gasteiger partial charge in [0.1, 0.15) is 0 Å². The lowest BCUT2D eigenvalue weighted by Gasteiger charge is -2.14. The molecular formula is C13H19NO. The molecule has 0 saturated heterocycles. The summed E-state index contributed by atoms with van der Waals surface area (Å²) in [6, 6.07) is 2.25. The van der Waals surface area contributed by atoms with Crippen LogP contribution in [0.5, 0.6) is 0 Å². The number of aromatic nitrogens is 1.